The van der Waals surface area contributed by atoms with Gasteiger partial charge in [-0.25, -0.2) is 0 Å². The lowest BCUT2D eigenvalue weighted by atomic mass is 10.1. The summed E-state index contributed by atoms with van der Waals surface area (Å²) in [6.07, 6.45) is 1.78. The van der Waals surface area contributed by atoms with E-state index < -0.39 is 0 Å². The summed E-state index contributed by atoms with van der Waals surface area (Å²) in [5, 5.41) is 7.31. The van der Waals surface area contributed by atoms with Crippen LogP contribution < -0.4 is 10.6 Å². The summed E-state index contributed by atoms with van der Waals surface area (Å²) in [6.45, 7) is 0. The molecule has 0 unspecified atom stereocenters. The van der Waals surface area contributed by atoms with Gasteiger partial charge in [0.15, 0.2) is 0 Å². The summed E-state index contributed by atoms with van der Waals surface area (Å²) in [6, 6.07) is 26.8. The van der Waals surface area contributed by atoms with E-state index in [4.69, 9.17) is 0 Å². The zero-order valence-corrected chi connectivity index (χ0v) is 14.0. The number of amides is 1. The van der Waals surface area contributed by atoms with E-state index >= 15 is 0 Å². The summed E-state index contributed by atoms with van der Waals surface area (Å²) >= 11 is 0. The zero-order chi connectivity index (χ0) is 17.8. The second-order valence-electron chi connectivity index (χ2n) is 5.94. The Kier molecular flexibility index (Phi) is 4.31. The maximum absolute atomic E-state index is 12.4. The molecule has 26 heavy (non-hydrogen) atoms. The number of aromatic nitrogens is 1. The second-order valence-corrected chi connectivity index (χ2v) is 5.94. The van der Waals surface area contributed by atoms with Gasteiger partial charge in [0.2, 0.25) is 0 Å². The van der Waals surface area contributed by atoms with E-state index in [1.807, 2.05) is 78.9 Å². The summed E-state index contributed by atoms with van der Waals surface area (Å²) in [4.78, 5) is 16.8. The molecule has 0 aliphatic carbocycles. The van der Waals surface area contributed by atoms with Gasteiger partial charge in [-0.2, -0.15) is 0 Å². The number of nitrogens with one attached hydrogen (secondary N) is 2. The van der Waals surface area contributed by atoms with E-state index in [-0.39, 0.29) is 5.91 Å². The lowest BCUT2D eigenvalue weighted by molar-refractivity contribution is 0.102. The van der Waals surface area contributed by atoms with Crippen molar-refractivity contribution >= 4 is 33.9 Å². The van der Waals surface area contributed by atoms with Crippen molar-refractivity contribution in [2.45, 2.75) is 0 Å². The predicted octanol–water partition coefficient (Wildman–Crippen LogP) is 5.23. The fraction of sp³-hybridized carbons (Fsp3) is 0. The summed E-state index contributed by atoms with van der Waals surface area (Å²) in [7, 11) is 0. The number of benzene rings is 3. The molecule has 1 aromatic heterocycles. The van der Waals surface area contributed by atoms with E-state index in [2.05, 4.69) is 15.6 Å². The highest BCUT2D eigenvalue weighted by Gasteiger charge is 2.07. The molecule has 0 saturated heterocycles. The third kappa shape index (κ3) is 3.54. The molecule has 4 heteroatoms. The van der Waals surface area contributed by atoms with Crippen LogP contribution in [0.2, 0.25) is 0 Å². The van der Waals surface area contributed by atoms with Gasteiger partial charge >= 0.3 is 0 Å². The molecule has 0 aliphatic heterocycles. The molecule has 0 radical (unpaired) electrons. The number of hydrogen-bond donors (Lipinski definition) is 2. The topological polar surface area (TPSA) is 54.0 Å². The first-order valence-electron chi connectivity index (χ1n) is 8.36. The Morgan fingerprint density at radius 3 is 2.42 bits per heavy atom. The molecule has 126 valence electrons. The maximum atomic E-state index is 12.4. The first-order valence-corrected chi connectivity index (χ1v) is 8.36. The lowest BCUT2D eigenvalue weighted by Crippen LogP contribution is -2.11. The van der Waals surface area contributed by atoms with Gasteiger partial charge in [0.1, 0.15) is 0 Å². The number of nitrogens with zero attached hydrogens (tertiary/aromatic N) is 1. The van der Waals surface area contributed by atoms with Crippen molar-refractivity contribution in [2.75, 3.05) is 10.6 Å². The Labute approximate surface area is 151 Å². The van der Waals surface area contributed by atoms with Gasteiger partial charge in [-0.3, -0.25) is 9.78 Å². The number of para-hydroxylation sites is 1. The van der Waals surface area contributed by atoms with E-state index in [1.54, 1.807) is 12.3 Å². The molecule has 0 fully saturated rings. The molecule has 3 aromatic carbocycles. The van der Waals surface area contributed by atoms with Crippen LogP contribution in [0, 0.1) is 0 Å². The largest absolute Gasteiger partial charge is 0.355 e. The van der Waals surface area contributed by atoms with E-state index in [1.165, 1.54) is 0 Å². The van der Waals surface area contributed by atoms with Gasteiger partial charge in [-0.05, 0) is 54.6 Å². The number of anilines is 3. The van der Waals surface area contributed by atoms with Crippen molar-refractivity contribution in [1.82, 2.24) is 4.98 Å². The Morgan fingerprint density at radius 1 is 0.731 bits per heavy atom. The highest BCUT2D eigenvalue weighted by molar-refractivity contribution is 6.04. The van der Waals surface area contributed by atoms with Crippen LogP contribution in [0.5, 0.6) is 0 Å². The Hall–Kier alpha value is -3.66. The normalized spacial score (nSPS) is 10.5. The van der Waals surface area contributed by atoms with Crippen LogP contribution in [0.1, 0.15) is 10.4 Å². The molecule has 0 saturated carbocycles. The minimum absolute atomic E-state index is 0.137. The molecule has 1 heterocycles. The quantitative estimate of drug-likeness (QED) is 0.535. The minimum atomic E-state index is -0.137. The second kappa shape index (κ2) is 7.07. The average molecular weight is 339 g/mol. The van der Waals surface area contributed by atoms with Gasteiger partial charge in [0, 0.05) is 34.2 Å². The molecule has 0 atom stereocenters. The number of hydrogen-bond acceptors (Lipinski definition) is 3. The molecule has 4 nitrogen and oxygen atoms in total. The van der Waals surface area contributed by atoms with Gasteiger partial charge in [-0.15, -0.1) is 0 Å². The highest BCUT2D eigenvalue weighted by atomic mass is 16.1. The van der Waals surface area contributed by atoms with Gasteiger partial charge in [0.25, 0.3) is 5.91 Å². The molecule has 4 rings (SSSR count). The molecule has 2 N–H and O–H groups in total. The standard InChI is InChI=1S/C22H17N3O/c26-22(25-18-8-2-1-3-9-18)17-6-4-10-19(15-17)24-20-11-12-21-16(14-20)7-5-13-23-21/h1-15,24H,(H,25,26). The molecule has 0 aliphatic rings. The van der Waals surface area contributed by atoms with Crippen LogP contribution in [-0.4, -0.2) is 10.9 Å². The number of pyridine rings is 1. The number of carbonyl (C=O) groups excluding carboxylic acids is 1. The Bertz CT molecular complexity index is 1060. The Balaban J connectivity index is 1.54. The van der Waals surface area contributed by atoms with E-state index in [0.29, 0.717) is 5.56 Å². The lowest BCUT2D eigenvalue weighted by Gasteiger charge is -2.10. The van der Waals surface area contributed by atoms with Crippen LogP contribution in [0.15, 0.2) is 91.1 Å². The monoisotopic (exact) mass is 339 g/mol. The van der Waals surface area contributed by atoms with Gasteiger partial charge < -0.3 is 10.6 Å². The molecule has 0 bridgehead atoms. The van der Waals surface area contributed by atoms with Crippen molar-refractivity contribution in [3.05, 3.63) is 96.7 Å². The summed E-state index contributed by atoms with van der Waals surface area (Å²) in [5.74, 6) is -0.137. The number of rotatable bonds is 4. The van der Waals surface area contributed by atoms with Crippen LogP contribution in [0.3, 0.4) is 0 Å². The first-order chi connectivity index (χ1) is 12.8. The van der Waals surface area contributed by atoms with Gasteiger partial charge in [0.05, 0.1) is 5.52 Å². The molecular formula is C22H17N3O. The SMILES string of the molecule is O=C(Nc1ccccc1)c1cccc(Nc2ccc3ncccc3c2)c1. The van der Waals surface area contributed by atoms with Crippen LogP contribution in [0.4, 0.5) is 17.1 Å². The average Bonchev–Trinajstić information content (AvgIpc) is 2.69. The van der Waals surface area contributed by atoms with E-state index in [0.717, 1.165) is 28.0 Å². The third-order valence-corrected chi connectivity index (χ3v) is 4.05. The molecule has 4 aromatic rings. The predicted molar refractivity (Wildman–Crippen MR) is 106 cm³/mol. The van der Waals surface area contributed by atoms with Gasteiger partial charge in [-0.1, -0.05) is 30.3 Å². The molecule has 1 amide bonds. The third-order valence-electron chi connectivity index (χ3n) is 4.05. The zero-order valence-electron chi connectivity index (χ0n) is 14.0. The number of carbonyl (C=O) groups is 1. The van der Waals surface area contributed by atoms with E-state index in [9.17, 15) is 4.79 Å². The summed E-state index contributed by atoms with van der Waals surface area (Å²) < 4.78 is 0. The van der Waals surface area contributed by atoms with Crippen LogP contribution >= 0.6 is 0 Å². The first kappa shape index (κ1) is 15.8. The minimum Gasteiger partial charge on any atom is -0.355 e. The van der Waals surface area contributed by atoms with Crippen LogP contribution in [0.25, 0.3) is 10.9 Å². The van der Waals surface area contributed by atoms with Crippen molar-refractivity contribution in [1.29, 1.82) is 0 Å². The number of fused-ring (bicyclic) bond motifs is 1. The molecule has 0 spiro atoms. The van der Waals surface area contributed by atoms with Crippen molar-refractivity contribution in [2.24, 2.45) is 0 Å². The summed E-state index contributed by atoms with van der Waals surface area (Å²) in [5.41, 5.74) is 4.13. The van der Waals surface area contributed by atoms with Crippen molar-refractivity contribution in [3.63, 3.8) is 0 Å². The van der Waals surface area contributed by atoms with Crippen molar-refractivity contribution < 1.29 is 4.79 Å². The fourth-order valence-electron chi connectivity index (χ4n) is 2.78. The molecular weight excluding hydrogens is 322 g/mol. The fourth-order valence-corrected chi connectivity index (χ4v) is 2.78. The van der Waals surface area contributed by atoms with Crippen molar-refractivity contribution in [3.8, 4) is 0 Å². The maximum Gasteiger partial charge on any atom is 0.255 e. The van der Waals surface area contributed by atoms with Crippen LogP contribution in [-0.2, 0) is 0 Å². The Morgan fingerprint density at radius 2 is 1.54 bits per heavy atom. The highest BCUT2D eigenvalue weighted by Crippen LogP contribution is 2.22. The smallest absolute Gasteiger partial charge is 0.255 e.